The first kappa shape index (κ1) is 13.7. The van der Waals surface area contributed by atoms with Gasteiger partial charge < -0.3 is 4.90 Å². The second-order valence-electron chi connectivity index (χ2n) is 4.82. The van der Waals surface area contributed by atoms with Crippen LogP contribution in [0.5, 0.6) is 0 Å². The standard InChI is InChI=1S/C16H14BrNOS/c1-18-14(11-7-9-13(17)10-8-11)15(20-16(18)19)12-5-3-2-4-6-12/h2-10,14-15H,1H3. The lowest BCUT2D eigenvalue weighted by Gasteiger charge is -2.24. The number of thioether (sulfide) groups is 1. The number of amides is 1. The maximum atomic E-state index is 12.1. The smallest absolute Gasteiger partial charge is 0.282 e. The zero-order valence-electron chi connectivity index (χ0n) is 11.0. The van der Waals surface area contributed by atoms with E-state index in [9.17, 15) is 4.79 Å². The summed E-state index contributed by atoms with van der Waals surface area (Å²) in [5, 5.41) is 0.279. The van der Waals surface area contributed by atoms with Crippen LogP contribution < -0.4 is 0 Å². The first-order valence-electron chi connectivity index (χ1n) is 6.40. The van der Waals surface area contributed by atoms with Crippen LogP contribution in [0.4, 0.5) is 4.79 Å². The van der Waals surface area contributed by atoms with Gasteiger partial charge in [0.15, 0.2) is 0 Å². The Morgan fingerprint density at radius 2 is 1.65 bits per heavy atom. The SMILES string of the molecule is CN1C(=O)SC(c2ccccc2)C1c1ccc(Br)cc1. The van der Waals surface area contributed by atoms with Crippen molar-refractivity contribution >= 4 is 32.9 Å². The number of carbonyl (C=O) groups is 1. The molecule has 0 radical (unpaired) electrons. The number of benzene rings is 2. The Kier molecular flexibility index (Phi) is 3.85. The number of hydrogen-bond acceptors (Lipinski definition) is 2. The molecule has 4 heteroatoms. The molecule has 0 bridgehead atoms. The maximum absolute atomic E-state index is 12.1. The highest BCUT2D eigenvalue weighted by Gasteiger charge is 2.40. The van der Waals surface area contributed by atoms with Crippen molar-refractivity contribution in [3.8, 4) is 0 Å². The zero-order valence-corrected chi connectivity index (χ0v) is 13.4. The lowest BCUT2D eigenvalue weighted by Crippen LogP contribution is -2.23. The molecule has 2 nitrogen and oxygen atoms in total. The van der Waals surface area contributed by atoms with E-state index in [1.54, 1.807) is 0 Å². The van der Waals surface area contributed by atoms with E-state index in [4.69, 9.17) is 0 Å². The van der Waals surface area contributed by atoms with Gasteiger partial charge in [0.2, 0.25) is 0 Å². The number of rotatable bonds is 2. The van der Waals surface area contributed by atoms with Gasteiger partial charge in [0.1, 0.15) is 0 Å². The van der Waals surface area contributed by atoms with Crippen LogP contribution in [0.15, 0.2) is 59.1 Å². The Morgan fingerprint density at radius 3 is 2.30 bits per heavy atom. The highest BCUT2D eigenvalue weighted by Crippen LogP contribution is 2.50. The third kappa shape index (κ3) is 2.50. The largest absolute Gasteiger partial charge is 0.328 e. The van der Waals surface area contributed by atoms with Gasteiger partial charge in [-0.25, -0.2) is 0 Å². The molecule has 1 saturated heterocycles. The number of halogens is 1. The van der Waals surface area contributed by atoms with Crippen molar-refractivity contribution in [2.45, 2.75) is 11.3 Å². The first-order valence-corrected chi connectivity index (χ1v) is 8.08. The van der Waals surface area contributed by atoms with Crippen LogP contribution in [0.25, 0.3) is 0 Å². The predicted molar refractivity (Wildman–Crippen MR) is 86.8 cm³/mol. The van der Waals surface area contributed by atoms with Crippen LogP contribution >= 0.6 is 27.7 Å². The van der Waals surface area contributed by atoms with Crippen LogP contribution in [0.2, 0.25) is 0 Å². The fraction of sp³-hybridized carbons (Fsp3) is 0.188. The minimum Gasteiger partial charge on any atom is -0.328 e. The van der Waals surface area contributed by atoms with E-state index in [0.717, 1.165) is 4.47 Å². The van der Waals surface area contributed by atoms with E-state index < -0.39 is 0 Å². The van der Waals surface area contributed by atoms with Crippen molar-refractivity contribution in [3.63, 3.8) is 0 Å². The third-order valence-corrected chi connectivity index (χ3v) is 5.36. The van der Waals surface area contributed by atoms with Crippen LogP contribution in [-0.2, 0) is 0 Å². The molecule has 1 heterocycles. The molecule has 0 aliphatic carbocycles. The summed E-state index contributed by atoms with van der Waals surface area (Å²) in [5.41, 5.74) is 2.37. The molecule has 0 N–H and O–H groups in total. The summed E-state index contributed by atoms with van der Waals surface area (Å²) in [5.74, 6) is 0. The van der Waals surface area contributed by atoms with Gasteiger partial charge in [-0.15, -0.1) is 0 Å². The number of hydrogen-bond donors (Lipinski definition) is 0. The summed E-state index contributed by atoms with van der Waals surface area (Å²) in [4.78, 5) is 13.9. The zero-order chi connectivity index (χ0) is 14.1. The van der Waals surface area contributed by atoms with Crippen molar-refractivity contribution in [2.75, 3.05) is 7.05 Å². The molecular weight excluding hydrogens is 334 g/mol. The number of nitrogens with zero attached hydrogens (tertiary/aromatic N) is 1. The molecule has 2 aromatic rings. The van der Waals surface area contributed by atoms with Crippen LogP contribution in [-0.4, -0.2) is 17.2 Å². The average Bonchev–Trinajstić information content (AvgIpc) is 2.77. The quantitative estimate of drug-likeness (QED) is 0.759. The fourth-order valence-corrected chi connectivity index (χ4v) is 4.05. The Labute approximate surface area is 131 Å². The average molecular weight is 348 g/mol. The Morgan fingerprint density at radius 1 is 1.00 bits per heavy atom. The van der Waals surface area contributed by atoms with E-state index in [1.165, 1.54) is 22.9 Å². The van der Waals surface area contributed by atoms with E-state index in [1.807, 2.05) is 42.3 Å². The summed E-state index contributed by atoms with van der Waals surface area (Å²) in [7, 11) is 1.88. The first-order chi connectivity index (χ1) is 9.66. The minimum absolute atomic E-state index is 0.0861. The molecule has 3 rings (SSSR count). The molecule has 1 fully saturated rings. The lowest BCUT2D eigenvalue weighted by molar-refractivity contribution is 0.221. The molecule has 2 unspecified atom stereocenters. The molecule has 1 aliphatic heterocycles. The predicted octanol–water partition coefficient (Wildman–Crippen LogP) is 5.03. The number of carbonyl (C=O) groups excluding carboxylic acids is 1. The molecule has 2 atom stereocenters. The highest BCUT2D eigenvalue weighted by molar-refractivity contribution is 9.10. The third-order valence-electron chi connectivity index (χ3n) is 3.56. The Bertz CT molecular complexity index is 614. The van der Waals surface area contributed by atoms with E-state index in [2.05, 4.69) is 40.2 Å². The second kappa shape index (κ2) is 5.62. The summed E-state index contributed by atoms with van der Waals surface area (Å²) in [6, 6.07) is 18.5. The van der Waals surface area contributed by atoms with Gasteiger partial charge in [-0.2, -0.15) is 0 Å². The summed E-state index contributed by atoms with van der Waals surface area (Å²) >= 11 is 4.86. The second-order valence-corrected chi connectivity index (χ2v) is 6.83. The van der Waals surface area contributed by atoms with E-state index in [-0.39, 0.29) is 16.5 Å². The molecule has 0 saturated carbocycles. The van der Waals surface area contributed by atoms with Gasteiger partial charge in [-0.1, -0.05) is 70.2 Å². The molecule has 0 aromatic heterocycles. The van der Waals surface area contributed by atoms with Crippen molar-refractivity contribution in [1.82, 2.24) is 4.90 Å². The van der Waals surface area contributed by atoms with Crippen molar-refractivity contribution in [2.24, 2.45) is 0 Å². The van der Waals surface area contributed by atoms with Crippen molar-refractivity contribution in [1.29, 1.82) is 0 Å². The Balaban J connectivity index is 2.01. The van der Waals surface area contributed by atoms with Gasteiger partial charge in [0.25, 0.3) is 5.24 Å². The molecule has 20 heavy (non-hydrogen) atoms. The molecular formula is C16H14BrNOS. The van der Waals surface area contributed by atoms with Crippen LogP contribution in [0.3, 0.4) is 0 Å². The van der Waals surface area contributed by atoms with Gasteiger partial charge in [-0.3, -0.25) is 4.79 Å². The van der Waals surface area contributed by atoms with Crippen molar-refractivity contribution in [3.05, 3.63) is 70.2 Å². The molecule has 0 spiro atoms. The van der Waals surface area contributed by atoms with Gasteiger partial charge in [-0.05, 0) is 23.3 Å². The summed E-state index contributed by atoms with van der Waals surface area (Å²) in [6.07, 6.45) is 0. The minimum atomic E-state index is 0.0861. The van der Waals surface area contributed by atoms with Crippen molar-refractivity contribution < 1.29 is 4.79 Å². The van der Waals surface area contributed by atoms with Gasteiger partial charge in [0.05, 0.1) is 11.3 Å². The topological polar surface area (TPSA) is 20.3 Å². The van der Waals surface area contributed by atoms with Gasteiger partial charge in [0, 0.05) is 11.5 Å². The normalized spacial score (nSPS) is 22.3. The van der Waals surface area contributed by atoms with Gasteiger partial charge >= 0.3 is 0 Å². The van der Waals surface area contributed by atoms with Crippen LogP contribution in [0, 0.1) is 0 Å². The molecule has 1 aliphatic rings. The maximum Gasteiger partial charge on any atom is 0.282 e. The van der Waals surface area contributed by atoms with Crippen LogP contribution in [0.1, 0.15) is 22.4 Å². The van der Waals surface area contributed by atoms with E-state index >= 15 is 0 Å². The Hall–Kier alpha value is -1.26. The van der Waals surface area contributed by atoms with E-state index in [0.29, 0.717) is 0 Å². The molecule has 102 valence electrons. The fourth-order valence-electron chi connectivity index (χ4n) is 2.52. The highest BCUT2D eigenvalue weighted by atomic mass is 79.9. The monoisotopic (exact) mass is 347 g/mol. The molecule has 1 amide bonds. The lowest BCUT2D eigenvalue weighted by atomic mass is 9.97. The molecule has 2 aromatic carbocycles. The number of likely N-dealkylation sites (N-methyl/N-ethyl adjacent to an activating group) is 1. The summed E-state index contributed by atoms with van der Waals surface area (Å²) in [6.45, 7) is 0. The summed E-state index contributed by atoms with van der Waals surface area (Å²) < 4.78 is 1.05.